The van der Waals surface area contributed by atoms with Crippen molar-refractivity contribution in [2.75, 3.05) is 5.32 Å². The van der Waals surface area contributed by atoms with Gasteiger partial charge in [-0.3, -0.25) is 14.4 Å². The molecule has 0 aliphatic carbocycles. The molecule has 0 radical (unpaired) electrons. The summed E-state index contributed by atoms with van der Waals surface area (Å²) in [6, 6.07) is 23.5. The van der Waals surface area contributed by atoms with Crippen molar-refractivity contribution in [3.8, 4) is 0 Å². The first-order valence-corrected chi connectivity index (χ1v) is 9.48. The van der Waals surface area contributed by atoms with Crippen molar-refractivity contribution in [2.24, 2.45) is 5.10 Å². The van der Waals surface area contributed by atoms with Gasteiger partial charge in [0.2, 0.25) is 0 Å². The van der Waals surface area contributed by atoms with E-state index in [1.807, 2.05) is 0 Å². The number of nitrogens with zero attached hydrogens (tertiary/aromatic N) is 1. The molecular formula is C23H18ClN3O3. The Morgan fingerprint density at radius 2 is 1.33 bits per heavy atom. The molecular weight excluding hydrogens is 402 g/mol. The van der Waals surface area contributed by atoms with Gasteiger partial charge in [-0.2, -0.15) is 5.10 Å². The van der Waals surface area contributed by atoms with Gasteiger partial charge in [0, 0.05) is 21.8 Å². The van der Waals surface area contributed by atoms with Gasteiger partial charge in [-0.25, -0.2) is 5.43 Å². The van der Waals surface area contributed by atoms with Gasteiger partial charge in [0.05, 0.1) is 6.42 Å². The number of nitrogens with one attached hydrogen (secondary N) is 2. The third kappa shape index (κ3) is 5.86. The van der Waals surface area contributed by atoms with Crippen molar-refractivity contribution < 1.29 is 14.4 Å². The van der Waals surface area contributed by atoms with E-state index in [1.165, 1.54) is 0 Å². The maximum absolute atomic E-state index is 12.7. The van der Waals surface area contributed by atoms with Crippen LogP contribution in [0.15, 0.2) is 90.0 Å². The fourth-order valence-corrected chi connectivity index (χ4v) is 2.68. The fraction of sp³-hybridized carbons (Fsp3) is 0.0435. The molecule has 0 spiro atoms. The summed E-state index contributed by atoms with van der Waals surface area (Å²) in [5, 5.41) is 7.12. The molecule has 150 valence electrons. The molecule has 0 atom stereocenters. The minimum atomic E-state index is -0.602. The molecule has 3 rings (SSSR count). The molecule has 0 unspecified atom stereocenters. The molecule has 0 saturated carbocycles. The van der Waals surface area contributed by atoms with Gasteiger partial charge in [0.25, 0.3) is 11.8 Å². The number of anilines is 1. The van der Waals surface area contributed by atoms with Crippen LogP contribution < -0.4 is 10.7 Å². The van der Waals surface area contributed by atoms with Gasteiger partial charge in [-0.15, -0.1) is 0 Å². The number of hydrogen-bond donors (Lipinski definition) is 2. The second-order valence-corrected chi connectivity index (χ2v) is 6.73. The molecule has 0 aromatic heterocycles. The van der Waals surface area contributed by atoms with E-state index in [2.05, 4.69) is 15.8 Å². The molecule has 0 saturated heterocycles. The summed E-state index contributed by atoms with van der Waals surface area (Å²) >= 11 is 5.86. The van der Waals surface area contributed by atoms with Gasteiger partial charge in [0.1, 0.15) is 5.71 Å². The van der Waals surface area contributed by atoms with Crippen LogP contribution in [0.25, 0.3) is 0 Å². The Morgan fingerprint density at radius 3 is 1.93 bits per heavy atom. The monoisotopic (exact) mass is 419 g/mol. The normalized spacial score (nSPS) is 10.9. The van der Waals surface area contributed by atoms with Gasteiger partial charge >= 0.3 is 0 Å². The average molecular weight is 420 g/mol. The standard InChI is InChI=1S/C23H18ClN3O3/c24-18-11-13-19(14-12-18)25-23(30)20(15-21(28)16-7-3-1-4-8-16)26-27-22(29)17-9-5-2-6-10-17/h1-14H,15H2,(H,25,30)(H,27,29). The molecule has 0 aliphatic heterocycles. The smallest absolute Gasteiger partial charge is 0.272 e. The van der Waals surface area contributed by atoms with E-state index in [1.54, 1.807) is 84.9 Å². The Morgan fingerprint density at radius 1 is 0.767 bits per heavy atom. The van der Waals surface area contributed by atoms with Crippen LogP contribution in [0.1, 0.15) is 27.1 Å². The zero-order valence-electron chi connectivity index (χ0n) is 15.8. The lowest BCUT2D eigenvalue weighted by Gasteiger charge is -2.09. The third-order valence-corrected chi connectivity index (χ3v) is 4.37. The molecule has 0 bridgehead atoms. The SMILES string of the molecule is O=C(Nc1ccc(Cl)cc1)C(CC(=O)c1ccccc1)=NNC(=O)c1ccccc1. The Balaban J connectivity index is 1.79. The average Bonchev–Trinajstić information content (AvgIpc) is 2.79. The summed E-state index contributed by atoms with van der Waals surface area (Å²) in [6.45, 7) is 0. The van der Waals surface area contributed by atoms with Crippen LogP contribution in [0.2, 0.25) is 5.02 Å². The van der Waals surface area contributed by atoms with Crippen LogP contribution in [-0.2, 0) is 4.79 Å². The highest BCUT2D eigenvalue weighted by molar-refractivity contribution is 6.46. The van der Waals surface area contributed by atoms with E-state index in [4.69, 9.17) is 11.6 Å². The summed E-state index contributed by atoms with van der Waals surface area (Å²) in [5.74, 6) is -1.39. The minimum absolute atomic E-state index is 0.122. The number of ketones is 1. The molecule has 30 heavy (non-hydrogen) atoms. The highest BCUT2D eigenvalue weighted by atomic mass is 35.5. The highest BCUT2D eigenvalue weighted by Crippen LogP contribution is 2.14. The fourth-order valence-electron chi connectivity index (χ4n) is 2.56. The molecule has 3 aromatic rings. The van der Waals surface area contributed by atoms with Crippen molar-refractivity contribution in [1.29, 1.82) is 0 Å². The van der Waals surface area contributed by atoms with Crippen LogP contribution in [-0.4, -0.2) is 23.3 Å². The lowest BCUT2D eigenvalue weighted by Crippen LogP contribution is -2.29. The number of Topliss-reactive ketones (excluding diaryl/α,β-unsaturated/α-hetero) is 1. The van der Waals surface area contributed by atoms with Crippen molar-refractivity contribution in [2.45, 2.75) is 6.42 Å². The molecule has 0 aliphatic rings. The summed E-state index contributed by atoms with van der Waals surface area (Å²) in [6.07, 6.45) is -0.279. The number of carbonyl (C=O) groups is 3. The van der Waals surface area contributed by atoms with Gasteiger partial charge in [-0.05, 0) is 36.4 Å². The van der Waals surface area contributed by atoms with Gasteiger partial charge in [0.15, 0.2) is 5.78 Å². The first-order valence-electron chi connectivity index (χ1n) is 9.10. The second-order valence-electron chi connectivity index (χ2n) is 6.29. The third-order valence-electron chi connectivity index (χ3n) is 4.12. The largest absolute Gasteiger partial charge is 0.321 e. The summed E-state index contributed by atoms with van der Waals surface area (Å²) in [7, 11) is 0. The molecule has 3 aromatic carbocycles. The summed E-state index contributed by atoms with van der Waals surface area (Å²) < 4.78 is 0. The minimum Gasteiger partial charge on any atom is -0.321 e. The predicted octanol–water partition coefficient (Wildman–Crippen LogP) is 4.34. The van der Waals surface area contributed by atoms with E-state index in [0.29, 0.717) is 21.8 Å². The number of hydrazone groups is 1. The van der Waals surface area contributed by atoms with Gasteiger partial charge < -0.3 is 5.32 Å². The van der Waals surface area contributed by atoms with E-state index < -0.39 is 11.8 Å². The van der Waals surface area contributed by atoms with E-state index >= 15 is 0 Å². The molecule has 7 heteroatoms. The van der Waals surface area contributed by atoms with Crippen LogP contribution in [0, 0.1) is 0 Å². The van der Waals surface area contributed by atoms with Crippen LogP contribution >= 0.6 is 11.6 Å². The molecule has 0 heterocycles. The van der Waals surface area contributed by atoms with Crippen molar-refractivity contribution in [3.05, 3.63) is 101 Å². The Kier molecular flexibility index (Phi) is 7.08. The van der Waals surface area contributed by atoms with Gasteiger partial charge in [-0.1, -0.05) is 60.1 Å². The topological polar surface area (TPSA) is 87.6 Å². The zero-order valence-corrected chi connectivity index (χ0v) is 16.6. The highest BCUT2D eigenvalue weighted by Gasteiger charge is 2.18. The molecule has 0 fully saturated rings. The lowest BCUT2D eigenvalue weighted by atomic mass is 10.1. The van der Waals surface area contributed by atoms with Crippen LogP contribution in [0.4, 0.5) is 5.69 Å². The number of benzene rings is 3. The summed E-state index contributed by atoms with van der Waals surface area (Å²) in [4.78, 5) is 37.6. The van der Waals surface area contributed by atoms with E-state index in [-0.39, 0.29) is 17.9 Å². The quantitative estimate of drug-likeness (QED) is 0.339. The Hall–Kier alpha value is -3.77. The first kappa shape index (κ1) is 21.0. The number of carbonyl (C=O) groups excluding carboxylic acids is 3. The summed E-state index contributed by atoms with van der Waals surface area (Å²) in [5.41, 5.74) is 3.54. The number of rotatable bonds is 7. The predicted molar refractivity (Wildman–Crippen MR) is 117 cm³/mol. The van der Waals surface area contributed by atoms with Crippen molar-refractivity contribution >= 4 is 40.6 Å². The zero-order chi connectivity index (χ0) is 21.3. The van der Waals surface area contributed by atoms with Crippen LogP contribution in [0.5, 0.6) is 0 Å². The maximum atomic E-state index is 12.7. The second kappa shape index (κ2) is 10.1. The Bertz CT molecular complexity index is 1070. The van der Waals surface area contributed by atoms with Crippen LogP contribution in [0.3, 0.4) is 0 Å². The van der Waals surface area contributed by atoms with Crippen molar-refractivity contribution in [3.63, 3.8) is 0 Å². The van der Waals surface area contributed by atoms with E-state index in [9.17, 15) is 14.4 Å². The first-order chi connectivity index (χ1) is 14.5. The molecule has 2 N–H and O–H groups in total. The maximum Gasteiger partial charge on any atom is 0.272 e. The lowest BCUT2D eigenvalue weighted by molar-refractivity contribution is -0.110. The molecule has 6 nitrogen and oxygen atoms in total. The number of halogens is 1. The number of hydrogen-bond acceptors (Lipinski definition) is 4. The molecule has 2 amide bonds. The van der Waals surface area contributed by atoms with E-state index in [0.717, 1.165) is 0 Å². The van der Waals surface area contributed by atoms with Crippen molar-refractivity contribution in [1.82, 2.24) is 5.43 Å². The Labute approximate surface area is 178 Å². The number of amides is 2.